The molecule has 1 fully saturated rings. The van der Waals surface area contributed by atoms with Crippen LogP contribution in [0, 0.1) is 5.92 Å². The molecule has 2 nitrogen and oxygen atoms in total. The van der Waals surface area contributed by atoms with Crippen LogP contribution in [-0.2, 0) is 0 Å². The molecule has 2 N–H and O–H groups in total. The highest BCUT2D eigenvalue weighted by molar-refractivity contribution is 4.71. The van der Waals surface area contributed by atoms with Crippen LogP contribution in [0.5, 0.6) is 0 Å². The Morgan fingerprint density at radius 3 is 2.40 bits per heavy atom. The fourth-order valence-corrected chi connectivity index (χ4v) is 2.58. The van der Waals surface area contributed by atoms with E-state index in [1.54, 1.807) is 0 Å². The molecule has 1 aliphatic rings. The predicted molar refractivity (Wildman–Crippen MR) is 65.0 cm³/mol. The molecule has 90 valence electrons. The maximum Gasteiger partial charge on any atom is 0.0582 e. The fraction of sp³-hybridized carbons (Fsp3) is 1.00. The molecule has 15 heavy (non-hydrogen) atoms. The molecule has 1 saturated carbocycles. The van der Waals surface area contributed by atoms with E-state index in [1.807, 2.05) is 6.92 Å². The first-order chi connectivity index (χ1) is 7.22. The number of rotatable bonds is 6. The minimum absolute atomic E-state index is 0.242. The van der Waals surface area contributed by atoms with Crippen LogP contribution in [-0.4, -0.2) is 23.8 Å². The van der Waals surface area contributed by atoms with Crippen molar-refractivity contribution in [3.8, 4) is 0 Å². The normalized spacial score (nSPS) is 22.6. The first kappa shape index (κ1) is 13.0. The highest BCUT2D eigenvalue weighted by Gasteiger charge is 2.14. The van der Waals surface area contributed by atoms with Gasteiger partial charge in [0.05, 0.1) is 6.61 Å². The van der Waals surface area contributed by atoms with Crippen molar-refractivity contribution in [3.05, 3.63) is 0 Å². The van der Waals surface area contributed by atoms with Crippen LogP contribution < -0.4 is 5.32 Å². The van der Waals surface area contributed by atoms with Gasteiger partial charge in [-0.05, 0) is 32.6 Å². The first-order valence-electron chi connectivity index (χ1n) is 6.59. The molecule has 0 amide bonds. The smallest absolute Gasteiger partial charge is 0.0582 e. The van der Waals surface area contributed by atoms with Crippen molar-refractivity contribution < 1.29 is 5.11 Å². The third-order valence-electron chi connectivity index (χ3n) is 3.58. The van der Waals surface area contributed by atoms with Crippen LogP contribution in [0.4, 0.5) is 0 Å². The van der Waals surface area contributed by atoms with Gasteiger partial charge in [0.25, 0.3) is 0 Å². The molecule has 1 rings (SSSR count). The van der Waals surface area contributed by atoms with Crippen molar-refractivity contribution in [3.63, 3.8) is 0 Å². The molecular weight excluding hydrogens is 186 g/mol. The number of nitrogens with one attached hydrogen (secondary N) is 1. The number of aliphatic hydroxyl groups excluding tert-OH is 1. The zero-order valence-corrected chi connectivity index (χ0v) is 10.3. The summed E-state index contributed by atoms with van der Waals surface area (Å²) >= 11 is 0. The fourth-order valence-electron chi connectivity index (χ4n) is 2.58. The zero-order chi connectivity index (χ0) is 11.1. The molecule has 1 unspecified atom stereocenters. The molecule has 0 aromatic rings. The van der Waals surface area contributed by atoms with Gasteiger partial charge in [0.1, 0.15) is 0 Å². The van der Waals surface area contributed by atoms with Gasteiger partial charge in [-0.1, -0.05) is 32.1 Å². The van der Waals surface area contributed by atoms with Crippen molar-refractivity contribution in [1.82, 2.24) is 5.32 Å². The molecule has 1 aliphatic carbocycles. The van der Waals surface area contributed by atoms with Gasteiger partial charge in [-0.2, -0.15) is 0 Å². The summed E-state index contributed by atoms with van der Waals surface area (Å²) in [5, 5.41) is 12.4. The maximum atomic E-state index is 8.94. The average molecular weight is 213 g/mol. The van der Waals surface area contributed by atoms with E-state index in [2.05, 4.69) is 12.2 Å². The first-order valence-corrected chi connectivity index (χ1v) is 6.59. The minimum Gasteiger partial charge on any atom is -0.395 e. The van der Waals surface area contributed by atoms with E-state index in [0.717, 1.165) is 5.92 Å². The van der Waals surface area contributed by atoms with Gasteiger partial charge in [0, 0.05) is 12.1 Å². The van der Waals surface area contributed by atoms with E-state index in [-0.39, 0.29) is 12.6 Å². The SMILES string of the molecule is CC(CCC1CCCCC1)N[C@@H](C)CO. The Bertz CT molecular complexity index is 155. The third-order valence-corrected chi connectivity index (χ3v) is 3.58. The highest BCUT2D eigenvalue weighted by atomic mass is 16.3. The lowest BCUT2D eigenvalue weighted by Gasteiger charge is -2.24. The van der Waals surface area contributed by atoms with Gasteiger partial charge in [0.15, 0.2) is 0 Å². The quantitative estimate of drug-likeness (QED) is 0.711. The number of hydrogen-bond donors (Lipinski definition) is 2. The van der Waals surface area contributed by atoms with Crippen molar-refractivity contribution >= 4 is 0 Å². The monoisotopic (exact) mass is 213 g/mol. The van der Waals surface area contributed by atoms with Crippen molar-refractivity contribution in [2.45, 2.75) is 70.9 Å². The molecule has 0 aromatic carbocycles. The van der Waals surface area contributed by atoms with Crippen LogP contribution in [0.15, 0.2) is 0 Å². The van der Waals surface area contributed by atoms with Crippen LogP contribution in [0.2, 0.25) is 0 Å². The van der Waals surface area contributed by atoms with Gasteiger partial charge in [0.2, 0.25) is 0 Å². The van der Waals surface area contributed by atoms with E-state index >= 15 is 0 Å². The van der Waals surface area contributed by atoms with Crippen molar-refractivity contribution in [1.29, 1.82) is 0 Å². The van der Waals surface area contributed by atoms with E-state index in [1.165, 1.54) is 44.9 Å². The third kappa shape index (κ3) is 5.53. The predicted octanol–water partition coefficient (Wildman–Crippen LogP) is 2.71. The largest absolute Gasteiger partial charge is 0.395 e. The summed E-state index contributed by atoms with van der Waals surface area (Å²) in [6.45, 7) is 4.51. The Morgan fingerprint density at radius 2 is 1.80 bits per heavy atom. The van der Waals surface area contributed by atoms with Gasteiger partial charge in [-0.15, -0.1) is 0 Å². The molecule has 0 bridgehead atoms. The lowest BCUT2D eigenvalue weighted by Crippen LogP contribution is -2.37. The van der Waals surface area contributed by atoms with Crippen molar-refractivity contribution in [2.75, 3.05) is 6.61 Å². The molecule has 0 radical (unpaired) electrons. The van der Waals surface area contributed by atoms with E-state index < -0.39 is 0 Å². The summed E-state index contributed by atoms with van der Waals surface area (Å²) in [7, 11) is 0. The summed E-state index contributed by atoms with van der Waals surface area (Å²) in [6, 6.07) is 0.792. The maximum absolute atomic E-state index is 8.94. The molecular formula is C13H27NO. The molecule has 0 aromatic heterocycles. The second kappa shape index (κ2) is 7.24. The molecule has 2 atom stereocenters. The van der Waals surface area contributed by atoms with Gasteiger partial charge >= 0.3 is 0 Å². The number of aliphatic hydroxyl groups is 1. The Labute approximate surface area is 94.5 Å². The van der Waals surface area contributed by atoms with Crippen molar-refractivity contribution in [2.24, 2.45) is 5.92 Å². The highest BCUT2D eigenvalue weighted by Crippen LogP contribution is 2.27. The van der Waals surface area contributed by atoms with Crippen LogP contribution in [0.25, 0.3) is 0 Å². The summed E-state index contributed by atoms with van der Waals surface area (Å²) in [5.41, 5.74) is 0. The lowest BCUT2D eigenvalue weighted by molar-refractivity contribution is 0.235. The Hall–Kier alpha value is -0.0800. The Morgan fingerprint density at radius 1 is 1.13 bits per heavy atom. The molecule has 2 heteroatoms. The van der Waals surface area contributed by atoms with E-state index in [0.29, 0.717) is 6.04 Å². The standard InChI is InChI=1S/C13H27NO/c1-11(14-12(2)10-15)8-9-13-6-4-3-5-7-13/h11-15H,3-10H2,1-2H3/t11?,12-/m0/s1. The van der Waals surface area contributed by atoms with Gasteiger partial charge in [-0.25, -0.2) is 0 Å². The minimum atomic E-state index is 0.242. The van der Waals surface area contributed by atoms with Gasteiger partial charge in [-0.3, -0.25) is 0 Å². The second-order valence-electron chi connectivity index (χ2n) is 5.23. The molecule has 0 heterocycles. The summed E-state index contributed by atoms with van der Waals surface area (Å²) in [6.07, 6.45) is 9.86. The summed E-state index contributed by atoms with van der Waals surface area (Å²) < 4.78 is 0. The van der Waals surface area contributed by atoms with Gasteiger partial charge < -0.3 is 10.4 Å². The van der Waals surface area contributed by atoms with E-state index in [4.69, 9.17) is 5.11 Å². The second-order valence-corrected chi connectivity index (χ2v) is 5.23. The molecule has 0 spiro atoms. The molecule has 0 aliphatic heterocycles. The average Bonchev–Trinajstić information content (AvgIpc) is 2.27. The topological polar surface area (TPSA) is 32.3 Å². The lowest BCUT2D eigenvalue weighted by atomic mass is 9.85. The number of hydrogen-bond acceptors (Lipinski definition) is 2. The van der Waals surface area contributed by atoms with Crippen LogP contribution in [0.1, 0.15) is 58.8 Å². The van der Waals surface area contributed by atoms with E-state index in [9.17, 15) is 0 Å². The molecule has 0 saturated heterocycles. The Balaban J connectivity index is 2.07. The van der Waals surface area contributed by atoms with Crippen LogP contribution in [0.3, 0.4) is 0 Å². The van der Waals surface area contributed by atoms with Crippen LogP contribution >= 0.6 is 0 Å². The summed E-state index contributed by atoms with van der Waals surface area (Å²) in [5.74, 6) is 0.979. The zero-order valence-electron chi connectivity index (χ0n) is 10.3. The summed E-state index contributed by atoms with van der Waals surface area (Å²) in [4.78, 5) is 0. The Kier molecular flexibility index (Phi) is 6.26.